The highest BCUT2D eigenvalue weighted by Crippen LogP contribution is 2.32. The zero-order valence-electron chi connectivity index (χ0n) is 13.2. The van der Waals surface area contributed by atoms with Gasteiger partial charge in [-0.25, -0.2) is 0 Å². The molecule has 1 aromatic heterocycles. The Hall–Kier alpha value is -3.85. The molecule has 2 aromatic carbocycles. The first kappa shape index (κ1) is 16.0. The van der Waals surface area contributed by atoms with E-state index in [4.69, 9.17) is 5.73 Å². The number of primary amides is 1. The molecule has 25 heavy (non-hydrogen) atoms. The van der Waals surface area contributed by atoms with E-state index < -0.39 is 11.8 Å². The Morgan fingerprint density at radius 2 is 2.04 bits per heavy atom. The molecule has 6 nitrogen and oxygen atoms in total. The van der Waals surface area contributed by atoms with Gasteiger partial charge in [-0.1, -0.05) is 18.7 Å². The zero-order chi connectivity index (χ0) is 18.0. The smallest absolute Gasteiger partial charge is 0.250 e. The number of nitrogens with one attached hydrogen (secondary N) is 2. The van der Waals surface area contributed by atoms with Gasteiger partial charge in [-0.15, -0.1) is 0 Å². The second-order valence-corrected chi connectivity index (χ2v) is 5.36. The zero-order valence-corrected chi connectivity index (χ0v) is 13.2. The Labute approximate surface area is 143 Å². The van der Waals surface area contributed by atoms with E-state index in [9.17, 15) is 14.9 Å². The van der Waals surface area contributed by atoms with Crippen LogP contribution in [-0.4, -0.2) is 16.8 Å². The Kier molecular flexibility index (Phi) is 4.06. The van der Waals surface area contributed by atoms with Crippen LogP contribution >= 0.6 is 0 Å². The molecule has 122 valence electrons. The maximum atomic E-state index is 11.6. The maximum absolute atomic E-state index is 11.6. The fraction of sp³-hybridized carbons (Fsp3) is 0. The van der Waals surface area contributed by atoms with Crippen LogP contribution in [0.2, 0.25) is 0 Å². The molecule has 0 atom stereocenters. The molecule has 0 spiro atoms. The maximum Gasteiger partial charge on any atom is 0.250 e. The van der Waals surface area contributed by atoms with Crippen molar-refractivity contribution < 1.29 is 9.59 Å². The number of nitrogens with two attached hydrogens (primary N) is 1. The Morgan fingerprint density at radius 1 is 1.24 bits per heavy atom. The number of H-pyrrole nitrogens is 1. The average molecular weight is 330 g/mol. The van der Waals surface area contributed by atoms with Crippen LogP contribution in [0.5, 0.6) is 0 Å². The van der Waals surface area contributed by atoms with Gasteiger partial charge in [0.05, 0.1) is 22.3 Å². The number of carbonyl (C=O) groups excluding carboxylic acids is 2. The molecule has 6 heteroatoms. The first-order valence-corrected chi connectivity index (χ1v) is 7.43. The van der Waals surface area contributed by atoms with Crippen molar-refractivity contribution in [2.45, 2.75) is 0 Å². The molecule has 0 unspecified atom stereocenters. The number of hydrogen-bond acceptors (Lipinski definition) is 3. The lowest BCUT2D eigenvalue weighted by molar-refractivity contribution is -0.111. The third-order valence-electron chi connectivity index (χ3n) is 3.88. The highest BCUT2D eigenvalue weighted by atomic mass is 16.1. The van der Waals surface area contributed by atoms with Crippen LogP contribution in [-0.2, 0) is 4.79 Å². The highest BCUT2D eigenvalue weighted by molar-refractivity contribution is 6.09. The van der Waals surface area contributed by atoms with E-state index in [2.05, 4.69) is 16.9 Å². The number of benzene rings is 2. The highest BCUT2D eigenvalue weighted by Gasteiger charge is 2.14. The van der Waals surface area contributed by atoms with E-state index >= 15 is 0 Å². The van der Waals surface area contributed by atoms with E-state index in [-0.39, 0.29) is 0 Å². The molecule has 0 aliphatic carbocycles. The van der Waals surface area contributed by atoms with Gasteiger partial charge in [0.15, 0.2) is 0 Å². The summed E-state index contributed by atoms with van der Waals surface area (Å²) in [5.41, 5.74) is 8.83. The van der Waals surface area contributed by atoms with Crippen molar-refractivity contribution in [2.75, 3.05) is 5.32 Å². The van der Waals surface area contributed by atoms with Gasteiger partial charge in [0.2, 0.25) is 5.91 Å². The van der Waals surface area contributed by atoms with Crippen molar-refractivity contribution in [2.24, 2.45) is 5.73 Å². The summed E-state index contributed by atoms with van der Waals surface area (Å²) in [6, 6.07) is 12.5. The van der Waals surface area contributed by atoms with Crippen molar-refractivity contribution in [3.8, 4) is 17.2 Å². The second kappa shape index (κ2) is 6.34. The summed E-state index contributed by atoms with van der Waals surface area (Å²) in [5.74, 6) is -0.915. The minimum absolute atomic E-state index is 0.345. The Bertz CT molecular complexity index is 1060. The van der Waals surface area contributed by atoms with Gasteiger partial charge in [0.25, 0.3) is 5.91 Å². The minimum Gasteiger partial charge on any atom is -0.366 e. The predicted octanol–water partition coefficient (Wildman–Crippen LogP) is 2.93. The van der Waals surface area contributed by atoms with E-state index in [0.29, 0.717) is 22.3 Å². The fourth-order valence-corrected chi connectivity index (χ4v) is 2.71. The van der Waals surface area contributed by atoms with Gasteiger partial charge >= 0.3 is 0 Å². The quantitative estimate of drug-likeness (QED) is 0.639. The van der Waals surface area contributed by atoms with Gasteiger partial charge in [0.1, 0.15) is 6.07 Å². The lowest BCUT2D eigenvalue weighted by Crippen LogP contribution is -2.11. The number of amides is 2. The van der Waals surface area contributed by atoms with Crippen LogP contribution < -0.4 is 11.1 Å². The van der Waals surface area contributed by atoms with Crippen molar-refractivity contribution >= 4 is 28.4 Å². The number of aromatic nitrogens is 1. The number of aromatic amines is 1. The lowest BCUT2D eigenvalue weighted by atomic mass is 9.97. The van der Waals surface area contributed by atoms with Crippen LogP contribution in [0.1, 0.15) is 15.9 Å². The van der Waals surface area contributed by atoms with Crippen LogP contribution in [0.3, 0.4) is 0 Å². The molecule has 3 rings (SSSR count). The van der Waals surface area contributed by atoms with Crippen LogP contribution in [0, 0.1) is 11.3 Å². The van der Waals surface area contributed by atoms with Crippen LogP contribution in [0.4, 0.5) is 5.69 Å². The molecule has 0 saturated carbocycles. The third kappa shape index (κ3) is 2.86. The molecule has 0 bridgehead atoms. The van der Waals surface area contributed by atoms with Gasteiger partial charge in [-0.2, -0.15) is 5.26 Å². The molecule has 0 fully saturated rings. The van der Waals surface area contributed by atoms with E-state index in [1.807, 2.05) is 12.1 Å². The predicted molar refractivity (Wildman–Crippen MR) is 95.8 cm³/mol. The molecular weight excluding hydrogens is 316 g/mol. The molecule has 0 aliphatic heterocycles. The Morgan fingerprint density at radius 3 is 2.72 bits per heavy atom. The summed E-state index contributed by atoms with van der Waals surface area (Å²) in [6.45, 7) is 3.41. The molecule has 0 saturated heterocycles. The minimum atomic E-state index is -0.516. The standard InChI is InChI=1S/C19H14N4O2/c1-2-17(24)23-16-9-11(3-4-12(16)10-20)13-5-6-15(19(21)25)18-14(13)7-8-22-18/h2-9,22H,1H2,(H2,21,25)(H,23,24). The number of nitrogens with zero attached hydrogens (tertiary/aromatic N) is 1. The third-order valence-corrected chi connectivity index (χ3v) is 3.88. The van der Waals surface area contributed by atoms with Gasteiger partial charge in [-0.3, -0.25) is 9.59 Å². The second-order valence-electron chi connectivity index (χ2n) is 5.36. The van der Waals surface area contributed by atoms with Gasteiger partial charge in [0, 0.05) is 11.6 Å². The number of anilines is 1. The van der Waals surface area contributed by atoms with E-state index in [0.717, 1.165) is 22.6 Å². The van der Waals surface area contributed by atoms with Crippen molar-refractivity contribution in [1.82, 2.24) is 4.98 Å². The largest absolute Gasteiger partial charge is 0.366 e. The molecule has 2 amide bonds. The number of hydrogen-bond donors (Lipinski definition) is 3. The number of fused-ring (bicyclic) bond motifs is 1. The summed E-state index contributed by atoms with van der Waals surface area (Å²) in [7, 11) is 0. The fourth-order valence-electron chi connectivity index (χ4n) is 2.71. The summed E-state index contributed by atoms with van der Waals surface area (Å²) in [6.07, 6.45) is 2.87. The average Bonchev–Trinajstić information content (AvgIpc) is 3.10. The number of rotatable bonds is 4. The van der Waals surface area contributed by atoms with E-state index in [1.165, 1.54) is 0 Å². The summed E-state index contributed by atoms with van der Waals surface area (Å²) < 4.78 is 0. The molecule has 0 radical (unpaired) electrons. The molecule has 1 heterocycles. The number of carbonyl (C=O) groups is 2. The van der Waals surface area contributed by atoms with Gasteiger partial charge in [-0.05, 0) is 41.5 Å². The van der Waals surface area contributed by atoms with Crippen molar-refractivity contribution in [1.29, 1.82) is 5.26 Å². The SMILES string of the molecule is C=CC(=O)Nc1cc(-c2ccc(C(N)=O)c3[nH]ccc23)ccc1C#N. The normalized spacial score (nSPS) is 10.2. The first-order chi connectivity index (χ1) is 12.0. The molecular formula is C19H14N4O2. The number of nitriles is 1. The van der Waals surface area contributed by atoms with Crippen molar-refractivity contribution in [3.05, 3.63) is 66.4 Å². The first-order valence-electron chi connectivity index (χ1n) is 7.43. The van der Waals surface area contributed by atoms with Gasteiger partial charge < -0.3 is 16.0 Å². The monoisotopic (exact) mass is 330 g/mol. The molecule has 4 N–H and O–H groups in total. The lowest BCUT2D eigenvalue weighted by Gasteiger charge is -2.10. The van der Waals surface area contributed by atoms with Crippen LogP contribution in [0.15, 0.2) is 55.3 Å². The summed E-state index contributed by atoms with van der Waals surface area (Å²) in [5, 5.41) is 12.7. The van der Waals surface area contributed by atoms with Crippen LogP contribution in [0.25, 0.3) is 22.0 Å². The summed E-state index contributed by atoms with van der Waals surface area (Å²) in [4.78, 5) is 26.2. The molecule has 0 aliphatic rings. The Balaban J connectivity index is 2.17. The van der Waals surface area contributed by atoms with Crippen molar-refractivity contribution in [3.63, 3.8) is 0 Å². The summed E-state index contributed by atoms with van der Waals surface area (Å²) >= 11 is 0. The topological polar surface area (TPSA) is 112 Å². The molecule has 3 aromatic rings. The van der Waals surface area contributed by atoms with E-state index in [1.54, 1.807) is 36.5 Å².